The number of nitrogens with zero attached hydrogens (tertiary/aromatic N) is 1. The zero-order valence-electron chi connectivity index (χ0n) is 15.9. The molecule has 2 aliphatic heterocycles. The molecule has 0 aromatic carbocycles. The Labute approximate surface area is 160 Å². The van der Waals surface area contributed by atoms with Gasteiger partial charge in [-0.3, -0.25) is 14.4 Å². The number of carbonyl (C=O) groups excluding carboxylic acids is 1. The van der Waals surface area contributed by atoms with Gasteiger partial charge < -0.3 is 20.3 Å². The molecule has 2 aliphatic rings. The molecular formula is C20H31N3O4. The molecule has 2 saturated heterocycles. The second kappa shape index (κ2) is 11.5. The molecule has 0 spiro atoms. The van der Waals surface area contributed by atoms with Gasteiger partial charge in [0.15, 0.2) is 0 Å². The Morgan fingerprint density at radius 1 is 1.26 bits per heavy atom. The highest BCUT2D eigenvalue weighted by Crippen LogP contribution is 2.33. The van der Waals surface area contributed by atoms with E-state index in [1.807, 2.05) is 6.07 Å². The van der Waals surface area contributed by atoms with Crippen molar-refractivity contribution < 1.29 is 14.7 Å². The fourth-order valence-electron chi connectivity index (χ4n) is 4.29. The molecule has 7 nitrogen and oxygen atoms in total. The quantitative estimate of drug-likeness (QED) is 0.656. The maximum absolute atomic E-state index is 12.1. The largest absolute Gasteiger partial charge is 0.483 e. The van der Waals surface area contributed by atoms with Crippen molar-refractivity contribution in [2.24, 2.45) is 5.92 Å². The molecule has 1 aromatic rings. The average molecular weight is 377 g/mol. The molecule has 2 fully saturated rings. The van der Waals surface area contributed by atoms with Crippen LogP contribution in [0.4, 0.5) is 0 Å². The van der Waals surface area contributed by atoms with Crippen LogP contribution in [0, 0.1) is 5.92 Å². The number of hydrogen-bond donors (Lipinski definition) is 3. The third-order valence-corrected chi connectivity index (χ3v) is 5.52. The van der Waals surface area contributed by atoms with E-state index in [1.165, 1.54) is 51.3 Å². The molecule has 0 unspecified atom stereocenters. The number of carbonyl (C=O) groups is 2. The third kappa shape index (κ3) is 7.17. The molecule has 150 valence electrons. The van der Waals surface area contributed by atoms with Crippen LogP contribution in [0.5, 0.6) is 0 Å². The summed E-state index contributed by atoms with van der Waals surface area (Å²) < 4.78 is 0. The van der Waals surface area contributed by atoms with E-state index in [0.717, 1.165) is 18.2 Å². The van der Waals surface area contributed by atoms with Gasteiger partial charge in [-0.05, 0) is 57.2 Å². The first-order valence-corrected chi connectivity index (χ1v) is 9.91. The van der Waals surface area contributed by atoms with Gasteiger partial charge in [-0.15, -0.1) is 0 Å². The van der Waals surface area contributed by atoms with E-state index in [2.05, 4.69) is 15.2 Å². The minimum atomic E-state index is -0.250. The van der Waals surface area contributed by atoms with E-state index < -0.39 is 0 Å². The highest BCUT2D eigenvalue weighted by Gasteiger charge is 2.32. The van der Waals surface area contributed by atoms with Crippen molar-refractivity contribution in [3.63, 3.8) is 0 Å². The lowest BCUT2D eigenvalue weighted by Crippen LogP contribution is -2.48. The Balaban J connectivity index is 0.000000817. The summed E-state index contributed by atoms with van der Waals surface area (Å²) >= 11 is 0. The minimum absolute atomic E-state index is 0.0897. The maximum Gasteiger partial charge on any atom is 0.290 e. The molecule has 3 rings (SSSR count). The maximum atomic E-state index is 12.1. The summed E-state index contributed by atoms with van der Waals surface area (Å²) in [5.41, 5.74) is 0.779. The summed E-state index contributed by atoms with van der Waals surface area (Å²) in [6.45, 7) is 2.84. The number of piperidine rings is 2. The van der Waals surface area contributed by atoms with Crippen molar-refractivity contribution in [1.29, 1.82) is 0 Å². The van der Waals surface area contributed by atoms with E-state index in [9.17, 15) is 9.59 Å². The molecule has 0 aliphatic carbocycles. The van der Waals surface area contributed by atoms with Crippen LogP contribution in [0.3, 0.4) is 0 Å². The van der Waals surface area contributed by atoms with Gasteiger partial charge in [0.2, 0.25) is 11.5 Å². The van der Waals surface area contributed by atoms with E-state index >= 15 is 0 Å². The van der Waals surface area contributed by atoms with Crippen molar-refractivity contribution in [3.8, 4) is 0 Å². The van der Waals surface area contributed by atoms with Gasteiger partial charge in [-0.1, -0.05) is 12.5 Å². The Morgan fingerprint density at radius 3 is 2.81 bits per heavy atom. The number of pyridine rings is 1. The van der Waals surface area contributed by atoms with Gasteiger partial charge >= 0.3 is 0 Å². The molecule has 0 bridgehead atoms. The summed E-state index contributed by atoms with van der Waals surface area (Å²) in [5, 5.41) is 9.88. The summed E-state index contributed by atoms with van der Waals surface area (Å²) in [4.78, 5) is 37.1. The van der Waals surface area contributed by atoms with E-state index in [0.29, 0.717) is 25.3 Å². The van der Waals surface area contributed by atoms with E-state index in [-0.39, 0.29) is 17.9 Å². The highest BCUT2D eigenvalue weighted by atomic mass is 16.3. The standard InChI is InChI=1S/C19H29N3O2.CH2O2/c23-18(20-12-11-16-6-3-8-19(24)21-16)10-9-15-5-4-14-22-13-2-1-7-17(15)22;2-1-3/h3,6,8,15,17H,1-2,4-5,7,9-14H2,(H,20,23)(H,21,24);1H,(H,2,3)/t15-,17+;/m0./s1. The zero-order chi connectivity index (χ0) is 19.5. The summed E-state index contributed by atoms with van der Waals surface area (Å²) in [5.74, 6) is 0.830. The van der Waals surface area contributed by atoms with Crippen LogP contribution >= 0.6 is 0 Å². The monoisotopic (exact) mass is 377 g/mol. The van der Waals surface area contributed by atoms with Crippen molar-refractivity contribution >= 4 is 12.4 Å². The van der Waals surface area contributed by atoms with Gasteiger partial charge in [0.25, 0.3) is 6.47 Å². The Hall–Kier alpha value is -2.15. The highest BCUT2D eigenvalue weighted by molar-refractivity contribution is 5.75. The number of hydrogen-bond acceptors (Lipinski definition) is 4. The van der Waals surface area contributed by atoms with Crippen LogP contribution in [0.1, 0.15) is 50.6 Å². The number of rotatable bonds is 6. The van der Waals surface area contributed by atoms with Crippen LogP contribution in [-0.4, -0.2) is 53.0 Å². The van der Waals surface area contributed by atoms with Gasteiger partial charge in [0.05, 0.1) is 0 Å². The topological polar surface area (TPSA) is 103 Å². The number of fused-ring (bicyclic) bond motifs is 1. The molecule has 1 aromatic heterocycles. The van der Waals surface area contributed by atoms with Crippen molar-refractivity contribution in [2.75, 3.05) is 19.6 Å². The first-order valence-electron chi connectivity index (χ1n) is 9.91. The molecule has 0 radical (unpaired) electrons. The minimum Gasteiger partial charge on any atom is -0.483 e. The lowest BCUT2D eigenvalue weighted by Gasteiger charge is -2.44. The van der Waals surface area contributed by atoms with E-state index in [1.54, 1.807) is 6.07 Å². The van der Waals surface area contributed by atoms with Crippen LogP contribution in [0.2, 0.25) is 0 Å². The van der Waals surface area contributed by atoms with Crippen LogP contribution < -0.4 is 10.9 Å². The molecular weight excluding hydrogens is 346 g/mol. The molecule has 7 heteroatoms. The molecule has 1 amide bonds. The van der Waals surface area contributed by atoms with Crippen LogP contribution in [-0.2, 0) is 16.0 Å². The smallest absolute Gasteiger partial charge is 0.290 e. The number of aromatic nitrogens is 1. The second-order valence-electron chi connectivity index (χ2n) is 7.29. The third-order valence-electron chi connectivity index (χ3n) is 5.52. The fraction of sp³-hybridized carbons (Fsp3) is 0.650. The lowest BCUT2D eigenvalue weighted by atomic mass is 9.81. The second-order valence-corrected chi connectivity index (χ2v) is 7.29. The Bertz CT molecular complexity index is 644. The molecule has 3 N–H and O–H groups in total. The van der Waals surface area contributed by atoms with Gasteiger partial charge in [-0.25, -0.2) is 0 Å². The average Bonchev–Trinajstić information content (AvgIpc) is 2.67. The molecule has 2 atom stereocenters. The van der Waals surface area contributed by atoms with Crippen molar-refractivity contribution in [1.82, 2.24) is 15.2 Å². The summed E-state index contributed by atoms with van der Waals surface area (Å²) in [6, 6.07) is 5.85. The SMILES string of the molecule is O=C(CC[C@@H]1CCCN2CCCC[C@H]12)NCCc1cccc(=O)[nH]1.O=CO. The summed E-state index contributed by atoms with van der Waals surface area (Å²) in [7, 11) is 0. The first kappa shape index (κ1) is 21.2. The molecule has 3 heterocycles. The van der Waals surface area contributed by atoms with E-state index in [4.69, 9.17) is 9.90 Å². The fourth-order valence-corrected chi connectivity index (χ4v) is 4.29. The summed E-state index contributed by atoms with van der Waals surface area (Å²) in [6.07, 6.45) is 8.86. The predicted octanol–water partition coefficient (Wildman–Crippen LogP) is 1.78. The Morgan fingerprint density at radius 2 is 2.04 bits per heavy atom. The van der Waals surface area contributed by atoms with Crippen LogP contribution in [0.25, 0.3) is 0 Å². The predicted molar refractivity (Wildman–Crippen MR) is 104 cm³/mol. The number of H-pyrrole nitrogens is 1. The van der Waals surface area contributed by atoms with Gasteiger partial charge in [0.1, 0.15) is 0 Å². The van der Waals surface area contributed by atoms with Crippen molar-refractivity contribution in [2.45, 2.75) is 57.4 Å². The van der Waals surface area contributed by atoms with Crippen molar-refractivity contribution in [3.05, 3.63) is 34.2 Å². The normalized spacial score (nSPS) is 22.1. The molecule has 27 heavy (non-hydrogen) atoms. The number of amides is 1. The number of carboxylic acid groups (broad SMARTS) is 1. The zero-order valence-corrected chi connectivity index (χ0v) is 15.9. The van der Waals surface area contributed by atoms with Gasteiger partial charge in [0, 0.05) is 37.2 Å². The van der Waals surface area contributed by atoms with Gasteiger partial charge in [-0.2, -0.15) is 0 Å². The first-order chi connectivity index (χ1) is 13.1. The van der Waals surface area contributed by atoms with Crippen LogP contribution in [0.15, 0.2) is 23.0 Å². The Kier molecular flexibility index (Phi) is 9.04. The number of aromatic amines is 1. The number of nitrogens with one attached hydrogen (secondary N) is 2. The molecule has 0 saturated carbocycles. The lowest BCUT2D eigenvalue weighted by molar-refractivity contribution is -0.123.